The van der Waals surface area contributed by atoms with Crippen LogP contribution in [0.1, 0.15) is 25.1 Å². The predicted octanol–water partition coefficient (Wildman–Crippen LogP) is 3.31. The van der Waals surface area contributed by atoms with E-state index in [1.807, 2.05) is 31.2 Å². The highest BCUT2D eigenvalue weighted by molar-refractivity contribution is 7.13. The summed E-state index contributed by atoms with van der Waals surface area (Å²) in [4.78, 5) is 27.7. The molecule has 0 saturated heterocycles. The Morgan fingerprint density at radius 3 is 2.81 bits per heavy atom. The van der Waals surface area contributed by atoms with E-state index in [4.69, 9.17) is 14.2 Å². The normalized spacial score (nSPS) is 10.6. The number of hydrogen-bond donors (Lipinski definition) is 1. The standard InChI is InChI=1S/C19H22N2O5S/c1-4-6-13-7-8-15(16(9-13)24-3)26-11-17(22)21-19-20-14(12-27-19)10-18(23)25-5-2/h4,6-9,12H,5,10-11H2,1-3H3,(H,20,21,22)/b6-4-. The summed E-state index contributed by atoms with van der Waals surface area (Å²) in [5.41, 5.74) is 1.53. The van der Waals surface area contributed by atoms with Gasteiger partial charge in [-0.1, -0.05) is 18.2 Å². The largest absolute Gasteiger partial charge is 0.493 e. The van der Waals surface area contributed by atoms with Crippen LogP contribution in [-0.4, -0.2) is 37.2 Å². The summed E-state index contributed by atoms with van der Waals surface area (Å²) in [6.07, 6.45) is 3.94. The number of aromatic nitrogens is 1. The molecule has 1 aromatic heterocycles. The van der Waals surface area contributed by atoms with E-state index in [2.05, 4.69) is 10.3 Å². The number of ether oxygens (including phenoxy) is 3. The smallest absolute Gasteiger partial charge is 0.311 e. The molecule has 27 heavy (non-hydrogen) atoms. The number of rotatable bonds is 9. The summed E-state index contributed by atoms with van der Waals surface area (Å²) >= 11 is 1.24. The summed E-state index contributed by atoms with van der Waals surface area (Å²) in [5.74, 6) is 0.316. The van der Waals surface area contributed by atoms with Gasteiger partial charge in [-0.3, -0.25) is 14.9 Å². The van der Waals surface area contributed by atoms with E-state index in [0.717, 1.165) is 5.56 Å². The number of nitrogens with one attached hydrogen (secondary N) is 1. The van der Waals surface area contributed by atoms with Gasteiger partial charge < -0.3 is 14.2 Å². The van der Waals surface area contributed by atoms with E-state index in [0.29, 0.717) is 28.9 Å². The summed E-state index contributed by atoms with van der Waals surface area (Å²) < 4.78 is 15.7. The van der Waals surface area contributed by atoms with Crippen molar-refractivity contribution in [3.8, 4) is 11.5 Å². The van der Waals surface area contributed by atoms with Crippen LogP contribution >= 0.6 is 11.3 Å². The van der Waals surface area contributed by atoms with Crippen molar-refractivity contribution < 1.29 is 23.8 Å². The first-order valence-electron chi connectivity index (χ1n) is 8.39. The Morgan fingerprint density at radius 2 is 2.11 bits per heavy atom. The zero-order valence-corrected chi connectivity index (χ0v) is 16.3. The van der Waals surface area contributed by atoms with Crippen molar-refractivity contribution in [3.63, 3.8) is 0 Å². The van der Waals surface area contributed by atoms with Crippen molar-refractivity contribution in [1.82, 2.24) is 4.98 Å². The number of carbonyl (C=O) groups excluding carboxylic acids is 2. The van der Waals surface area contributed by atoms with Crippen LogP contribution in [-0.2, 0) is 20.7 Å². The van der Waals surface area contributed by atoms with Crippen LogP contribution in [0.3, 0.4) is 0 Å². The topological polar surface area (TPSA) is 86.8 Å². The molecule has 1 N–H and O–H groups in total. The maximum atomic E-state index is 12.1. The van der Waals surface area contributed by atoms with Crippen LogP contribution in [0.25, 0.3) is 6.08 Å². The van der Waals surface area contributed by atoms with Crippen molar-refractivity contribution >= 4 is 34.4 Å². The molecule has 0 radical (unpaired) electrons. The second kappa shape index (κ2) is 10.3. The van der Waals surface area contributed by atoms with Crippen LogP contribution in [0.4, 0.5) is 5.13 Å². The third-order valence-electron chi connectivity index (χ3n) is 3.33. The maximum Gasteiger partial charge on any atom is 0.311 e. The molecule has 0 bridgehead atoms. The molecular weight excluding hydrogens is 368 g/mol. The Hall–Kier alpha value is -2.87. The first kappa shape index (κ1) is 20.4. The Kier molecular flexibility index (Phi) is 7.81. The average Bonchev–Trinajstić information content (AvgIpc) is 3.07. The second-order valence-corrected chi connectivity index (χ2v) is 6.23. The highest BCUT2D eigenvalue weighted by atomic mass is 32.1. The Balaban J connectivity index is 1.89. The quantitative estimate of drug-likeness (QED) is 0.661. The third kappa shape index (κ3) is 6.41. The molecule has 0 aliphatic carbocycles. The summed E-state index contributed by atoms with van der Waals surface area (Å²) in [5, 5.41) is 4.75. The number of anilines is 1. The predicted molar refractivity (Wildman–Crippen MR) is 104 cm³/mol. The second-order valence-electron chi connectivity index (χ2n) is 5.37. The Labute approximate surface area is 162 Å². The lowest BCUT2D eigenvalue weighted by Crippen LogP contribution is -2.20. The van der Waals surface area contributed by atoms with Crippen molar-refractivity contribution in [2.24, 2.45) is 0 Å². The van der Waals surface area contributed by atoms with Gasteiger partial charge in [-0.2, -0.15) is 0 Å². The zero-order chi connectivity index (χ0) is 19.6. The van der Waals surface area contributed by atoms with Crippen molar-refractivity contribution in [1.29, 1.82) is 0 Å². The van der Waals surface area contributed by atoms with Crippen LogP contribution in [0.15, 0.2) is 29.7 Å². The van der Waals surface area contributed by atoms with E-state index < -0.39 is 0 Å². The van der Waals surface area contributed by atoms with Crippen molar-refractivity contribution in [2.75, 3.05) is 25.6 Å². The van der Waals surface area contributed by atoms with Crippen LogP contribution in [0.5, 0.6) is 11.5 Å². The highest BCUT2D eigenvalue weighted by Crippen LogP contribution is 2.28. The van der Waals surface area contributed by atoms with Crippen LogP contribution < -0.4 is 14.8 Å². The van der Waals surface area contributed by atoms with Crippen LogP contribution in [0.2, 0.25) is 0 Å². The van der Waals surface area contributed by atoms with Crippen molar-refractivity contribution in [2.45, 2.75) is 20.3 Å². The molecule has 7 nitrogen and oxygen atoms in total. The number of amides is 1. The number of hydrogen-bond acceptors (Lipinski definition) is 7. The van der Waals surface area contributed by atoms with E-state index in [9.17, 15) is 9.59 Å². The number of carbonyl (C=O) groups is 2. The van der Waals surface area contributed by atoms with Gasteiger partial charge in [-0.15, -0.1) is 11.3 Å². The molecule has 0 unspecified atom stereocenters. The van der Waals surface area contributed by atoms with Gasteiger partial charge in [-0.25, -0.2) is 4.98 Å². The monoisotopic (exact) mass is 390 g/mol. The minimum atomic E-state index is -0.355. The lowest BCUT2D eigenvalue weighted by molar-refractivity contribution is -0.142. The fraction of sp³-hybridized carbons (Fsp3) is 0.316. The summed E-state index contributed by atoms with van der Waals surface area (Å²) in [7, 11) is 1.54. The van der Waals surface area contributed by atoms with E-state index in [1.54, 1.807) is 25.5 Å². The molecule has 2 aromatic rings. The van der Waals surface area contributed by atoms with Gasteiger partial charge in [0.15, 0.2) is 23.2 Å². The zero-order valence-electron chi connectivity index (χ0n) is 15.5. The molecule has 0 atom stereocenters. The summed E-state index contributed by atoms with van der Waals surface area (Å²) in [6.45, 7) is 3.81. The third-order valence-corrected chi connectivity index (χ3v) is 4.14. The van der Waals surface area contributed by atoms with Crippen LogP contribution in [0, 0.1) is 0 Å². The van der Waals surface area contributed by atoms with Gasteiger partial charge in [0, 0.05) is 5.38 Å². The SMILES string of the molecule is C/C=C\c1ccc(OCC(=O)Nc2nc(CC(=O)OCC)cs2)c(OC)c1. The molecule has 0 saturated carbocycles. The minimum Gasteiger partial charge on any atom is -0.493 e. The summed E-state index contributed by atoms with van der Waals surface area (Å²) in [6, 6.07) is 5.45. The molecule has 1 aromatic carbocycles. The molecular formula is C19H22N2O5S. The van der Waals surface area contributed by atoms with Gasteiger partial charge in [0.1, 0.15) is 0 Å². The lowest BCUT2D eigenvalue weighted by atomic mass is 10.2. The Morgan fingerprint density at radius 1 is 1.30 bits per heavy atom. The fourth-order valence-electron chi connectivity index (χ4n) is 2.20. The molecule has 0 spiro atoms. The molecule has 0 fully saturated rings. The average molecular weight is 390 g/mol. The molecule has 0 aliphatic heterocycles. The molecule has 144 valence electrons. The van der Waals surface area contributed by atoms with Gasteiger partial charge in [0.05, 0.1) is 25.8 Å². The maximum absolute atomic E-state index is 12.1. The first-order valence-corrected chi connectivity index (χ1v) is 9.27. The highest BCUT2D eigenvalue weighted by Gasteiger charge is 2.12. The molecule has 1 heterocycles. The number of allylic oxidation sites excluding steroid dienone is 1. The number of benzene rings is 1. The van der Waals surface area contributed by atoms with E-state index >= 15 is 0 Å². The van der Waals surface area contributed by atoms with Gasteiger partial charge in [0.25, 0.3) is 5.91 Å². The molecule has 1 amide bonds. The molecule has 0 aliphatic rings. The van der Waals surface area contributed by atoms with Gasteiger partial charge >= 0.3 is 5.97 Å². The Bertz CT molecular complexity index is 816. The number of nitrogens with zero attached hydrogens (tertiary/aromatic N) is 1. The number of methoxy groups -OCH3 is 1. The van der Waals surface area contributed by atoms with Gasteiger partial charge in [-0.05, 0) is 31.5 Å². The number of thiazole rings is 1. The lowest BCUT2D eigenvalue weighted by Gasteiger charge is -2.11. The molecule has 2 rings (SSSR count). The van der Waals surface area contributed by atoms with Crippen molar-refractivity contribution in [3.05, 3.63) is 40.9 Å². The first-order chi connectivity index (χ1) is 13.0. The molecule has 8 heteroatoms. The minimum absolute atomic E-state index is 0.0759. The number of esters is 1. The fourth-order valence-corrected chi connectivity index (χ4v) is 2.93. The van der Waals surface area contributed by atoms with Gasteiger partial charge in [0.2, 0.25) is 0 Å². The van der Waals surface area contributed by atoms with E-state index in [-0.39, 0.29) is 24.9 Å². The van der Waals surface area contributed by atoms with E-state index in [1.165, 1.54) is 11.3 Å².